The van der Waals surface area contributed by atoms with Gasteiger partial charge in [0.25, 0.3) is 5.91 Å². The maximum absolute atomic E-state index is 13.8. The predicted octanol–water partition coefficient (Wildman–Crippen LogP) is 4.45. The van der Waals surface area contributed by atoms with Crippen LogP contribution in [0.2, 0.25) is 0 Å². The van der Waals surface area contributed by atoms with Crippen molar-refractivity contribution >= 4 is 34.6 Å². The molecule has 3 amide bonds. The number of likely N-dealkylation sites (tertiary alicyclic amines) is 1. The number of carbonyl (C=O) groups excluding carboxylic acids is 2. The smallest absolute Gasteiger partial charge is 0.322 e. The molecule has 2 N–H and O–H groups in total. The summed E-state index contributed by atoms with van der Waals surface area (Å²) in [5.74, 6) is -1.67. The van der Waals surface area contributed by atoms with Crippen molar-refractivity contribution in [3.05, 3.63) is 64.1 Å². The van der Waals surface area contributed by atoms with Crippen molar-refractivity contribution in [3.8, 4) is 5.75 Å². The predicted molar refractivity (Wildman–Crippen MR) is 115 cm³/mol. The molecule has 1 aromatic heterocycles. The average Bonchev–Trinajstić information content (AvgIpc) is 3.45. The second kappa shape index (κ2) is 9.27. The fourth-order valence-electron chi connectivity index (χ4n) is 3.39. The van der Waals surface area contributed by atoms with Gasteiger partial charge in [0.1, 0.15) is 22.4 Å². The molecule has 0 aliphatic carbocycles. The van der Waals surface area contributed by atoms with Gasteiger partial charge in [-0.3, -0.25) is 4.79 Å². The van der Waals surface area contributed by atoms with Crippen LogP contribution in [0.3, 0.4) is 0 Å². The number of amides is 3. The molecule has 1 atom stereocenters. The molecule has 32 heavy (non-hydrogen) atoms. The minimum atomic E-state index is -0.890. The highest BCUT2D eigenvalue weighted by molar-refractivity contribution is 7.13. The Morgan fingerprint density at radius 3 is 2.78 bits per heavy atom. The zero-order valence-corrected chi connectivity index (χ0v) is 17.8. The standard InChI is InChI=1S/C21H19F2N5O3S/c1-31-14-5-2-4-13(11-14)24-21(30)28-9-3-6-17(28)19-26-27-20(32-19)18(29)25-16-8-7-12(22)10-15(16)23/h2,4-5,7-8,10-11,17H,3,6,9H2,1H3,(H,24,30)(H,25,29)/t17-/m1/s1. The Labute approximate surface area is 186 Å². The van der Waals surface area contributed by atoms with Crippen molar-refractivity contribution < 1.29 is 23.1 Å². The van der Waals surface area contributed by atoms with Gasteiger partial charge < -0.3 is 20.3 Å². The number of aromatic nitrogens is 2. The first-order valence-electron chi connectivity index (χ1n) is 9.76. The van der Waals surface area contributed by atoms with Crippen molar-refractivity contribution in [2.24, 2.45) is 0 Å². The highest BCUT2D eigenvalue weighted by Gasteiger charge is 2.33. The average molecular weight is 459 g/mol. The highest BCUT2D eigenvalue weighted by Crippen LogP contribution is 2.34. The zero-order valence-electron chi connectivity index (χ0n) is 17.0. The van der Waals surface area contributed by atoms with Crippen LogP contribution < -0.4 is 15.4 Å². The maximum Gasteiger partial charge on any atom is 0.322 e. The molecular weight excluding hydrogens is 440 g/mol. The van der Waals surface area contributed by atoms with E-state index in [4.69, 9.17) is 4.74 Å². The molecule has 1 fully saturated rings. The molecule has 0 bridgehead atoms. The Hall–Kier alpha value is -3.60. The molecule has 4 rings (SSSR count). The number of rotatable bonds is 5. The van der Waals surface area contributed by atoms with Crippen LogP contribution in [0.1, 0.15) is 33.7 Å². The van der Waals surface area contributed by atoms with Crippen molar-refractivity contribution in [1.82, 2.24) is 15.1 Å². The first kappa shape index (κ1) is 21.6. The van der Waals surface area contributed by atoms with E-state index in [0.717, 1.165) is 29.9 Å². The molecule has 11 heteroatoms. The normalized spacial score (nSPS) is 15.5. The second-order valence-corrected chi connectivity index (χ2v) is 8.05. The number of nitrogens with zero attached hydrogens (tertiary/aromatic N) is 3. The molecule has 1 saturated heterocycles. The van der Waals surface area contributed by atoms with E-state index in [1.54, 1.807) is 36.3 Å². The Bertz CT molecular complexity index is 1160. The number of hydrogen-bond acceptors (Lipinski definition) is 6. The third-order valence-electron chi connectivity index (χ3n) is 4.93. The summed E-state index contributed by atoms with van der Waals surface area (Å²) in [5, 5.41) is 13.7. The fraction of sp³-hybridized carbons (Fsp3) is 0.238. The van der Waals surface area contributed by atoms with E-state index in [9.17, 15) is 18.4 Å². The molecule has 0 unspecified atom stereocenters. The number of carbonyl (C=O) groups is 2. The molecule has 2 aromatic carbocycles. The topological polar surface area (TPSA) is 96.4 Å². The van der Waals surface area contributed by atoms with Crippen LogP contribution in [0.25, 0.3) is 0 Å². The first-order chi connectivity index (χ1) is 15.4. The number of urea groups is 1. The summed E-state index contributed by atoms with van der Waals surface area (Å²) in [6.07, 6.45) is 1.45. The number of anilines is 2. The zero-order chi connectivity index (χ0) is 22.7. The molecule has 166 valence electrons. The lowest BCUT2D eigenvalue weighted by Crippen LogP contribution is -2.34. The van der Waals surface area contributed by atoms with Gasteiger partial charge in [0.15, 0.2) is 0 Å². The van der Waals surface area contributed by atoms with Gasteiger partial charge >= 0.3 is 6.03 Å². The molecule has 1 aliphatic heterocycles. The summed E-state index contributed by atoms with van der Waals surface area (Å²) in [7, 11) is 1.55. The van der Waals surface area contributed by atoms with E-state index in [1.165, 1.54) is 0 Å². The van der Waals surface area contributed by atoms with Gasteiger partial charge in [-0.05, 0) is 37.1 Å². The Morgan fingerprint density at radius 1 is 1.16 bits per heavy atom. The van der Waals surface area contributed by atoms with Crippen molar-refractivity contribution in [2.45, 2.75) is 18.9 Å². The number of halogens is 2. The second-order valence-electron chi connectivity index (χ2n) is 7.04. The molecular formula is C21H19F2N5O3S. The minimum absolute atomic E-state index is 0.0174. The Kier molecular flexibility index (Phi) is 6.26. The number of benzene rings is 2. The van der Waals surface area contributed by atoms with Crippen LogP contribution in [0.5, 0.6) is 5.75 Å². The van der Waals surface area contributed by atoms with E-state index < -0.39 is 17.5 Å². The molecule has 2 heterocycles. The Morgan fingerprint density at radius 2 is 2.00 bits per heavy atom. The molecule has 0 radical (unpaired) electrons. The molecule has 0 saturated carbocycles. The van der Waals surface area contributed by atoms with Crippen LogP contribution in [-0.2, 0) is 0 Å². The quantitative estimate of drug-likeness (QED) is 0.588. The van der Waals surface area contributed by atoms with Gasteiger partial charge in [-0.25, -0.2) is 13.6 Å². The van der Waals surface area contributed by atoms with Gasteiger partial charge in [-0.15, -0.1) is 10.2 Å². The Balaban J connectivity index is 1.45. The number of ether oxygens (including phenoxy) is 1. The molecule has 3 aromatic rings. The van der Waals surface area contributed by atoms with Gasteiger partial charge in [0, 0.05) is 24.4 Å². The van der Waals surface area contributed by atoms with Crippen molar-refractivity contribution in [1.29, 1.82) is 0 Å². The summed E-state index contributed by atoms with van der Waals surface area (Å²) in [6, 6.07) is 9.25. The van der Waals surface area contributed by atoms with Crippen molar-refractivity contribution in [3.63, 3.8) is 0 Å². The summed E-state index contributed by atoms with van der Waals surface area (Å²) in [6.45, 7) is 0.530. The SMILES string of the molecule is COc1cccc(NC(=O)N2CCC[C@@H]2c2nnc(C(=O)Nc3ccc(F)cc3F)s2)c1. The number of nitrogens with one attached hydrogen (secondary N) is 2. The van der Waals surface area contributed by atoms with E-state index in [-0.39, 0.29) is 22.8 Å². The van der Waals surface area contributed by atoms with E-state index in [1.807, 2.05) is 0 Å². The van der Waals surface area contributed by atoms with Crippen LogP contribution in [0.15, 0.2) is 42.5 Å². The van der Waals surface area contributed by atoms with Gasteiger partial charge in [-0.2, -0.15) is 0 Å². The summed E-state index contributed by atoms with van der Waals surface area (Å²) < 4.78 is 32.0. The molecule has 0 spiro atoms. The molecule has 8 nitrogen and oxygen atoms in total. The third-order valence-corrected chi connectivity index (χ3v) is 5.96. The summed E-state index contributed by atoms with van der Waals surface area (Å²) >= 11 is 1.03. The minimum Gasteiger partial charge on any atom is -0.497 e. The van der Waals surface area contributed by atoms with Crippen LogP contribution >= 0.6 is 11.3 Å². The number of hydrogen-bond donors (Lipinski definition) is 2. The maximum atomic E-state index is 13.8. The summed E-state index contributed by atoms with van der Waals surface area (Å²) in [4.78, 5) is 26.9. The third kappa shape index (κ3) is 4.67. The monoisotopic (exact) mass is 459 g/mol. The largest absolute Gasteiger partial charge is 0.497 e. The van der Waals surface area contributed by atoms with Crippen molar-refractivity contribution in [2.75, 3.05) is 24.3 Å². The van der Waals surface area contributed by atoms with Crippen LogP contribution in [-0.4, -0.2) is 40.7 Å². The summed E-state index contributed by atoms with van der Waals surface area (Å²) in [5.41, 5.74) is 0.437. The molecule has 1 aliphatic rings. The lowest BCUT2D eigenvalue weighted by Gasteiger charge is -2.23. The van der Waals surface area contributed by atoms with E-state index >= 15 is 0 Å². The van der Waals surface area contributed by atoms with Gasteiger partial charge in [0.2, 0.25) is 5.01 Å². The van der Waals surface area contributed by atoms with Gasteiger partial charge in [-0.1, -0.05) is 17.4 Å². The van der Waals surface area contributed by atoms with Gasteiger partial charge in [0.05, 0.1) is 18.8 Å². The fourth-order valence-corrected chi connectivity index (χ4v) is 4.28. The lowest BCUT2D eigenvalue weighted by molar-refractivity contribution is 0.102. The number of methoxy groups -OCH3 is 1. The van der Waals surface area contributed by atoms with Crippen LogP contribution in [0, 0.1) is 11.6 Å². The van der Waals surface area contributed by atoms with Crippen LogP contribution in [0.4, 0.5) is 25.0 Å². The van der Waals surface area contributed by atoms with E-state index in [2.05, 4.69) is 20.8 Å². The highest BCUT2D eigenvalue weighted by atomic mass is 32.1. The van der Waals surface area contributed by atoms with E-state index in [0.29, 0.717) is 35.5 Å². The lowest BCUT2D eigenvalue weighted by atomic mass is 10.2. The first-order valence-corrected chi connectivity index (χ1v) is 10.6.